The van der Waals surface area contributed by atoms with Crippen molar-refractivity contribution < 1.29 is 22.4 Å². The maximum atomic E-state index is 15.2. The normalized spacial score (nSPS) is 25.5. The summed E-state index contributed by atoms with van der Waals surface area (Å²) in [7, 11) is 0. The Bertz CT molecular complexity index is 957. The molecule has 12 heteroatoms. The topological polar surface area (TPSA) is 80.0 Å². The van der Waals surface area contributed by atoms with Crippen LogP contribution in [0, 0.1) is 5.41 Å². The molecule has 2 atom stereocenters. The molecule has 2 aromatic heterocycles. The number of alkyl halides is 4. The third-order valence-electron chi connectivity index (χ3n) is 6.62. The number of carbonyl (C=O) groups excluding carboxylic acids is 1. The van der Waals surface area contributed by atoms with E-state index in [4.69, 9.17) is 0 Å². The largest absolute Gasteiger partial charge is 0.395 e. The van der Waals surface area contributed by atoms with Crippen LogP contribution < -0.4 is 0 Å². The molecule has 0 bridgehead atoms. The molecular formula is C20H23F4N7O. The Morgan fingerprint density at radius 1 is 1.19 bits per heavy atom. The van der Waals surface area contributed by atoms with E-state index in [0.717, 1.165) is 12.8 Å². The van der Waals surface area contributed by atoms with Crippen LogP contribution in [0.15, 0.2) is 25.0 Å². The Hall–Kier alpha value is -2.63. The highest BCUT2D eigenvalue weighted by Gasteiger charge is 2.63. The summed E-state index contributed by atoms with van der Waals surface area (Å²) in [6.07, 6.45) is 1.90. The Morgan fingerprint density at radius 2 is 1.97 bits per heavy atom. The number of halogens is 4. The fourth-order valence-corrected chi connectivity index (χ4v) is 4.47. The summed E-state index contributed by atoms with van der Waals surface area (Å²) in [4.78, 5) is 28.5. The molecule has 0 radical (unpaired) electrons. The zero-order chi connectivity index (χ0) is 22.5. The first-order valence-electron chi connectivity index (χ1n) is 10.7. The van der Waals surface area contributed by atoms with Gasteiger partial charge in [-0.2, -0.15) is 18.3 Å². The predicted octanol–water partition coefficient (Wildman–Crippen LogP) is 2.42. The molecule has 0 aromatic carbocycles. The van der Waals surface area contributed by atoms with Crippen molar-refractivity contribution in [3.05, 3.63) is 30.7 Å². The molecule has 1 saturated heterocycles. The summed E-state index contributed by atoms with van der Waals surface area (Å²) in [6, 6.07) is -0.747. The van der Waals surface area contributed by atoms with Crippen LogP contribution in [0.25, 0.3) is 5.82 Å². The van der Waals surface area contributed by atoms with Crippen LogP contribution >= 0.6 is 0 Å². The van der Waals surface area contributed by atoms with E-state index >= 15 is 4.39 Å². The molecule has 2 unspecified atom stereocenters. The van der Waals surface area contributed by atoms with E-state index in [1.807, 2.05) is 0 Å². The first kappa shape index (κ1) is 21.2. The van der Waals surface area contributed by atoms with Gasteiger partial charge in [0.15, 0.2) is 5.82 Å². The van der Waals surface area contributed by atoms with Gasteiger partial charge in [-0.3, -0.25) is 9.69 Å². The standard InChI is InChI=1S/C20H23F4N7O/c21-14-9-29(10-19(4-5-19)20(22,23)24)6-3-16(14)31(13-1-2-13)18(32)15-7-27-17(8-26-15)30-12-25-11-28-30/h7-8,11-14,16H,1-6,9-10H2. The number of carbonyl (C=O) groups is 1. The number of nitrogens with zero attached hydrogens (tertiary/aromatic N) is 7. The number of aromatic nitrogens is 5. The number of hydrogen-bond donors (Lipinski definition) is 0. The fourth-order valence-electron chi connectivity index (χ4n) is 4.47. The Morgan fingerprint density at radius 3 is 2.50 bits per heavy atom. The molecule has 1 aliphatic heterocycles. The van der Waals surface area contributed by atoms with Gasteiger partial charge in [0.1, 0.15) is 24.5 Å². The summed E-state index contributed by atoms with van der Waals surface area (Å²) >= 11 is 0. The Balaban J connectivity index is 1.27. The number of piperidine rings is 1. The highest BCUT2D eigenvalue weighted by Crippen LogP contribution is 2.58. The monoisotopic (exact) mass is 453 g/mol. The van der Waals surface area contributed by atoms with E-state index in [-0.39, 0.29) is 37.7 Å². The van der Waals surface area contributed by atoms with Crippen molar-refractivity contribution in [3.63, 3.8) is 0 Å². The Labute approximate surface area is 181 Å². The summed E-state index contributed by atoms with van der Waals surface area (Å²) in [5, 5.41) is 3.95. The minimum Gasteiger partial charge on any atom is -0.328 e. The van der Waals surface area contributed by atoms with Gasteiger partial charge in [0.25, 0.3) is 5.91 Å². The van der Waals surface area contributed by atoms with Gasteiger partial charge in [-0.05, 0) is 32.1 Å². The van der Waals surface area contributed by atoms with E-state index in [1.165, 1.54) is 34.6 Å². The molecule has 2 aliphatic carbocycles. The second-order valence-electron chi connectivity index (χ2n) is 8.93. The van der Waals surface area contributed by atoms with Crippen LogP contribution in [-0.4, -0.2) is 84.5 Å². The number of hydrogen-bond acceptors (Lipinski definition) is 6. The molecule has 8 nitrogen and oxygen atoms in total. The first-order chi connectivity index (χ1) is 15.3. The maximum Gasteiger partial charge on any atom is 0.395 e. The lowest BCUT2D eigenvalue weighted by Gasteiger charge is -2.42. The van der Waals surface area contributed by atoms with Gasteiger partial charge in [0.2, 0.25) is 0 Å². The van der Waals surface area contributed by atoms with Crippen molar-refractivity contribution in [1.82, 2.24) is 34.5 Å². The molecule has 32 heavy (non-hydrogen) atoms. The van der Waals surface area contributed by atoms with Crippen molar-refractivity contribution in [2.75, 3.05) is 19.6 Å². The molecule has 1 amide bonds. The van der Waals surface area contributed by atoms with Crippen LogP contribution in [0.3, 0.4) is 0 Å². The van der Waals surface area contributed by atoms with E-state index in [1.54, 1.807) is 4.90 Å². The van der Waals surface area contributed by atoms with Gasteiger partial charge in [-0.1, -0.05) is 0 Å². The van der Waals surface area contributed by atoms with Gasteiger partial charge < -0.3 is 4.90 Å². The van der Waals surface area contributed by atoms with Gasteiger partial charge in [0.05, 0.1) is 23.9 Å². The van der Waals surface area contributed by atoms with Gasteiger partial charge in [-0.15, -0.1) is 0 Å². The molecule has 2 saturated carbocycles. The van der Waals surface area contributed by atoms with Crippen molar-refractivity contribution in [2.45, 2.75) is 56.5 Å². The quantitative estimate of drug-likeness (QED) is 0.625. The lowest BCUT2D eigenvalue weighted by atomic mass is 9.97. The van der Waals surface area contributed by atoms with E-state index < -0.39 is 29.7 Å². The average Bonchev–Trinajstić information content (AvgIpc) is 3.68. The van der Waals surface area contributed by atoms with Crippen LogP contribution in [0.5, 0.6) is 0 Å². The third-order valence-corrected chi connectivity index (χ3v) is 6.62. The van der Waals surface area contributed by atoms with Gasteiger partial charge in [-0.25, -0.2) is 24.0 Å². The highest BCUT2D eigenvalue weighted by atomic mass is 19.4. The predicted molar refractivity (Wildman–Crippen MR) is 104 cm³/mol. The van der Waals surface area contributed by atoms with Crippen LogP contribution in [0.1, 0.15) is 42.6 Å². The minimum absolute atomic E-state index is 0.0703. The molecule has 0 N–H and O–H groups in total. The van der Waals surface area contributed by atoms with Crippen LogP contribution in [-0.2, 0) is 0 Å². The van der Waals surface area contributed by atoms with Crippen LogP contribution in [0.2, 0.25) is 0 Å². The fraction of sp³-hybridized carbons (Fsp3) is 0.650. The molecule has 3 aliphatic rings. The SMILES string of the molecule is O=C(c1cnc(-n2cncn2)cn1)N(C1CC1)C1CCN(CC2(C(F)(F)F)CC2)CC1F. The number of amides is 1. The zero-order valence-electron chi connectivity index (χ0n) is 17.2. The lowest BCUT2D eigenvalue weighted by molar-refractivity contribution is -0.193. The molecule has 2 aromatic rings. The van der Waals surface area contributed by atoms with Gasteiger partial charge in [0, 0.05) is 25.7 Å². The van der Waals surface area contributed by atoms with E-state index in [0.29, 0.717) is 18.8 Å². The summed E-state index contributed by atoms with van der Waals surface area (Å²) < 4.78 is 56.4. The molecular weight excluding hydrogens is 430 g/mol. The molecule has 3 fully saturated rings. The smallest absolute Gasteiger partial charge is 0.328 e. The molecule has 0 spiro atoms. The highest BCUT2D eigenvalue weighted by molar-refractivity contribution is 5.92. The van der Waals surface area contributed by atoms with Crippen molar-refractivity contribution in [1.29, 1.82) is 0 Å². The molecule has 172 valence electrons. The number of likely N-dealkylation sites (tertiary alicyclic amines) is 1. The zero-order valence-corrected chi connectivity index (χ0v) is 17.2. The number of rotatable bonds is 6. The van der Waals surface area contributed by atoms with Crippen molar-refractivity contribution in [3.8, 4) is 5.82 Å². The van der Waals surface area contributed by atoms with Crippen molar-refractivity contribution >= 4 is 5.91 Å². The van der Waals surface area contributed by atoms with E-state index in [9.17, 15) is 18.0 Å². The second kappa shape index (κ2) is 7.75. The van der Waals surface area contributed by atoms with Gasteiger partial charge >= 0.3 is 6.18 Å². The third kappa shape index (κ3) is 3.96. The first-order valence-corrected chi connectivity index (χ1v) is 10.7. The molecule has 3 heterocycles. The maximum absolute atomic E-state index is 15.2. The Kier molecular flexibility index (Phi) is 5.14. The summed E-state index contributed by atoms with van der Waals surface area (Å²) in [5.74, 6) is -0.00689. The van der Waals surface area contributed by atoms with Crippen molar-refractivity contribution in [2.24, 2.45) is 5.41 Å². The van der Waals surface area contributed by atoms with E-state index in [2.05, 4.69) is 20.1 Å². The lowest BCUT2D eigenvalue weighted by Crippen LogP contribution is -2.56. The van der Waals surface area contributed by atoms with Crippen LogP contribution in [0.4, 0.5) is 17.6 Å². The average molecular weight is 453 g/mol. The summed E-state index contributed by atoms with van der Waals surface area (Å²) in [6.45, 7) is 0.0580. The minimum atomic E-state index is -4.26. The molecule has 5 rings (SSSR count). The summed E-state index contributed by atoms with van der Waals surface area (Å²) in [5.41, 5.74) is -1.59. The second-order valence-corrected chi connectivity index (χ2v) is 8.93.